The maximum atomic E-state index is 13.7. The molecule has 1 fully saturated rings. The third-order valence-corrected chi connectivity index (χ3v) is 3.84. The zero-order chi connectivity index (χ0) is 12.4. The van der Waals surface area contributed by atoms with E-state index in [1.165, 1.54) is 6.07 Å². The smallest absolute Gasteiger partial charge is 0.129 e. The van der Waals surface area contributed by atoms with Crippen LogP contribution in [0, 0.1) is 5.82 Å². The van der Waals surface area contributed by atoms with E-state index in [9.17, 15) is 4.39 Å². The van der Waals surface area contributed by atoms with Crippen LogP contribution >= 0.6 is 15.9 Å². The van der Waals surface area contributed by atoms with Crippen LogP contribution in [-0.4, -0.2) is 19.3 Å². The Labute approximate surface area is 110 Å². The van der Waals surface area contributed by atoms with Crippen LogP contribution in [0.1, 0.15) is 31.4 Å². The third kappa shape index (κ3) is 3.06. The average molecular weight is 302 g/mol. The van der Waals surface area contributed by atoms with Gasteiger partial charge in [-0.2, -0.15) is 0 Å². The summed E-state index contributed by atoms with van der Waals surface area (Å²) >= 11 is 3.26. The van der Waals surface area contributed by atoms with E-state index in [-0.39, 0.29) is 11.9 Å². The van der Waals surface area contributed by atoms with Crippen LogP contribution in [0.5, 0.6) is 0 Å². The number of hydrogen-bond acceptors (Lipinski definition) is 2. The summed E-state index contributed by atoms with van der Waals surface area (Å²) in [6.45, 7) is 1.99. The van der Waals surface area contributed by atoms with Crippen molar-refractivity contribution in [2.75, 3.05) is 7.11 Å². The molecule has 0 bridgehead atoms. The summed E-state index contributed by atoms with van der Waals surface area (Å²) in [7, 11) is 1.73. The van der Waals surface area contributed by atoms with Crippen molar-refractivity contribution in [3.05, 3.63) is 34.1 Å². The molecule has 0 aromatic heterocycles. The van der Waals surface area contributed by atoms with E-state index in [4.69, 9.17) is 4.74 Å². The van der Waals surface area contributed by atoms with E-state index >= 15 is 0 Å². The van der Waals surface area contributed by atoms with Gasteiger partial charge < -0.3 is 10.1 Å². The third-order valence-electron chi connectivity index (χ3n) is 3.34. The first kappa shape index (κ1) is 13.0. The molecule has 0 heterocycles. The first-order valence-electron chi connectivity index (χ1n) is 5.84. The number of methoxy groups -OCH3 is 1. The first-order valence-corrected chi connectivity index (χ1v) is 6.63. The number of rotatable bonds is 4. The Morgan fingerprint density at radius 1 is 1.47 bits per heavy atom. The van der Waals surface area contributed by atoms with Crippen LogP contribution in [0.25, 0.3) is 0 Å². The molecular weight excluding hydrogens is 285 g/mol. The zero-order valence-corrected chi connectivity index (χ0v) is 11.6. The number of ether oxygens (including phenoxy) is 1. The van der Waals surface area contributed by atoms with E-state index in [1.54, 1.807) is 7.11 Å². The monoisotopic (exact) mass is 301 g/mol. The van der Waals surface area contributed by atoms with Gasteiger partial charge in [-0.25, -0.2) is 4.39 Å². The second-order valence-electron chi connectivity index (χ2n) is 4.58. The summed E-state index contributed by atoms with van der Waals surface area (Å²) in [5, 5.41) is 3.42. The Kier molecular flexibility index (Phi) is 4.17. The zero-order valence-electron chi connectivity index (χ0n) is 10.0. The van der Waals surface area contributed by atoms with Crippen molar-refractivity contribution in [2.45, 2.75) is 38.0 Å². The van der Waals surface area contributed by atoms with Gasteiger partial charge in [-0.3, -0.25) is 0 Å². The second-order valence-corrected chi connectivity index (χ2v) is 5.50. The van der Waals surface area contributed by atoms with E-state index in [2.05, 4.69) is 21.2 Å². The van der Waals surface area contributed by atoms with Gasteiger partial charge in [0.25, 0.3) is 0 Å². The lowest BCUT2D eigenvalue weighted by molar-refractivity contribution is 0.0146. The van der Waals surface area contributed by atoms with Crippen molar-refractivity contribution >= 4 is 15.9 Å². The molecule has 94 valence electrons. The van der Waals surface area contributed by atoms with Crippen molar-refractivity contribution in [1.29, 1.82) is 0 Å². The molecule has 0 aliphatic heterocycles. The highest BCUT2D eigenvalue weighted by molar-refractivity contribution is 9.10. The molecule has 0 spiro atoms. The van der Waals surface area contributed by atoms with E-state index in [1.807, 2.05) is 19.1 Å². The molecule has 2 nitrogen and oxygen atoms in total. The molecule has 0 saturated heterocycles. The normalized spacial score (nSPS) is 25.4. The van der Waals surface area contributed by atoms with Gasteiger partial charge in [-0.05, 0) is 31.9 Å². The van der Waals surface area contributed by atoms with Crippen LogP contribution < -0.4 is 5.32 Å². The molecule has 1 aromatic rings. The minimum atomic E-state index is -0.165. The maximum Gasteiger partial charge on any atom is 0.129 e. The van der Waals surface area contributed by atoms with Crippen LogP contribution in [0.3, 0.4) is 0 Å². The summed E-state index contributed by atoms with van der Waals surface area (Å²) in [6.07, 6.45) is 2.40. The van der Waals surface area contributed by atoms with Crippen molar-refractivity contribution in [2.24, 2.45) is 0 Å². The molecule has 4 heteroatoms. The minimum Gasteiger partial charge on any atom is -0.381 e. The summed E-state index contributed by atoms with van der Waals surface area (Å²) in [6, 6.07) is 5.68. The van der Waals surface area contributed by atoms with Crippen LogP contribution in [0.4, 0.5) is 4.39 Å². The fourth-order valence-corrected chi connectivity index (χ4v) is 2.52. The predicted octanol–water partition coefficient (Wildman–Crippen LogP) is 3.42. The quantitative estimate of drug-likeness (QED) is 0.920. The van der Waals surface area contributed by atoms with Crippen molar-refractivity contribution in [3.8, 4) is 0 Å². The highest BCUT2D eigenvalue weighted by atomic mass is 79.9. The minimum absolute atomic E-state index is 0.0332. The molecule has 1 aliphatic carbocycles. The Morgan fingerprint density at radius 3 is 2.76 bits per heavy atom. The van der Waals surface area contributed by atoms with E-state index < -0.39 is 0 Å². The van der Waals surface area contributed by atoms with Gasteiger partial charge in [0.1, 0.15) is 5.82 Å². The Bertz CT molecular complexity index is 393. The van der Waals surface area contributed by atoms with Gasteiger partial charge in [-0.1, -0.05) is 22.0 Å². The molecular formula is C13H17BrFNO. The number of halogens is 2. The number of benzene rings is 1. The fraction of sp³-hybridized carbons (Fsp3) is 0.538. The molecule has 0 amide bonds. The predicted molar refractivity (Wildman–Crippen MR) is 69.5 cm³/mol. The first-order chi connectivity index (χ1) is 8.10. The second kappa shape index (κ2) is 5.46. The maximum absolute atomic E-state index is 13.7. The average Bonchev–Trinajstić information content (AvgIpc) is 2.22. The van der Waals surface area contributed by atoms with Crippen LogP contribution in [0.15, 0.2) is 22.7 Å². The fourth-order valence-electron chi connectivity index (χ4n) is 2.19. The SMILES string of the molecule is COC1CC(NC(C)c2ccc(Br)cc2F)C1. The summed E-state index contributed by atoms with van der Waals surface area (Å²) in [4.78, 5) is 0. The number of nitrogens with one attached hydrogen (secondary N) is 1. The largest absolute Gasteiger partial charge is 0.381 e. The summed E-state index contributed by atoms with van der Waals surface area (Å²) in [5.41, 5.74) is 0.717. The lowest BCUT2D eigenvalue weighted by Gasteiger charge is -2.36. The molecule has 1 N–H and O–H groups in total. The highest BCUT2D eigenvalue weighted by Crippen LogP contribution is 2.27. The van der Waals surface area contributed by atoms with Crippen molar-refractivity contribution in [1.82, 2.24) is 5.32 Å². The Balaban J connectivity index is 1.93. The Hall–Kier alpha value is -0.450. The highest BCUT2D eigenvalue weighted by Gasteiger charge is 2.30. The van der Waals surface area contributed by atoms with Gasteiger partial charge in [0.15, 0.2) is 0 Å². The lowest BCUT2D eigenvalue weighted by atomic mass is 9.88. The Morgan fingerprint density at radius 2 is 2.18 bits per heavy atom. The summed E-state index contributed by atoms with van der Waals surface area (Å²) < 4.78 is 19.7. The van der Waals surface area contributed by atoms with Crippen LogP contribution in [-0.2, 0) is 4.74 Å². The van der Waals surface area contributed by atoms with Gasteiger partial charge in [-0.15, -0.1) is 0 Å². The molecule has 1 aliphatic rings. The van der Waals surface area contributed by atoms with Gasteiger partial charge in [0, 0.05) is 29.2 Å². The van der Waals surface area contributed by atoms with Gasteiger partial charge in [0.2, 0.25) is 0 Å². The molecule has 1 saturated carbocycles. The standard InChI is InChI=1S/C13H17BrFNO/c1-8(16-10-6-11(7-10)17-2)12-4-3-9(14)5-13(12)15/h3-5,8,10-11,16H,6-7H2,1-2H3. The van der Waals surface area contributed by atoms with Crippen molar-refractivity contribution in [3.63, 3.8) is 0 Å². The van der Waals surface area contributed by atoms with Gasteiger partial charge in [0.05, 0.1) is 6.10 Å². The van der Waals surface area contributed by atoms with Gasteiger partial charge >= 0.3 is 0 Å². The molecule has 1 aromatic carbocycles. The molecule has 0 radical (unpaired) electrons. The topological polar surface area (TPSA) is 21.3 Å². The van der Waals surface area contributed by atoms with E-state index in [0.717, 1.165) is 17.3 Å². The molecule has 1 unspecified atom stereocenters. The summed E-state index contributed by atoms with van der Waals surface area (Å²) in [5.74, 6) is -0.165. The van der Waals surface area contributed by atoms with Crippen LogP contribution in [0.2, 0.25) is 0 Å². The molecule has 2 rings (SSSR count). The molecule has 1 atom stereocenters. The van der Waals surface area contributed by atoms with E-state index in [0.29, 0.717) is 17.7 Å². The molecule has 17 heavy (non-hydrogen) atoms. The number of hydrogen-bond donors (Lipinski definition) is 1. The lowest BCUT2D eigenvalue weighted by Crippen LogP contribution is -2.45. The van der Waals surface area contributed by atoms with Crippen molar-refractivity contribution < 1.29 is 9.13 Å².